The van der Waals surface area contributed by atoms with Gasteiger partial charge in [0.2, 0.25) is 5.91 Å². The number of amides is 1. The van der Waals surface area contributed by atoms with Crippen molar-refractivity contribution in [2.24, 2.45) is 0 Å². The Morgan fingerprint density at radius 2 is 1.85 bits per heavy atom. The van der Waals surface area contributed by atoms with Gasteiger partial charge in [0, 0.05) is 21.5 Å². The van der Waals surface area contributed by atoms with Gasteiger partial charge in [-0.1, -0.05) is 65.7 Å². The molecule has 1 amide bonds. The average Bonchev–Trinajstić information content (AvgIpc) is 3.16. The minimum absolute atomic E-state index is 0.0129. The molecule has 0 saturated heterocycles. The Balaban J connectivity index is 1.59. The molecule has 0 aliphatic rings. The van der Waals surface area contributed by atoms with Gasteiger partial charge in [-0.3, -0.25) is 10.1 Å². The van der Waals surface area contributed by atoms with Crippen molar-refractivity contribution in [1.82, 2.24) is 10.6 Å². The van der Waals surface area contributed by atoms with E-state index in [9.17, 15) is 4.79 Å². The fraction of sp³-hybridized carbons (Fsp3) is 0.150. The third-order valence-corrected chi connectivity index (χ3v) is 5.44. The predicted molar refractivity (Wildman–Crippen MR) is 109 cm³/mol. The summed E-state index contributed by atoms with van der Waals surface area (Å²) >= 11 is 13.7. The van der Waals surface area contributed by atoms with Crippen LogP contribution in [0.25, 0.3) is 0 Å². The lowest BCUT2D eigenvalue weighted by atomic mass is 10.1. The van der Waals surface area contributed by atoms with Crippen molar-refractivity contribution in [1.29, 1.82) is 0 Å². The lowest BCUT2D eigenvalue weighted by molar-refractivity contribution is -0.120. The molecule has 0 unspecified atom stereocenters. The van der Waals surface area contributed by atoms with E-state index in [1.165, 1.54) is 4.88 Å². The Morgan fingerprint density at radius 3 is 2.54 bits per heavy atom. The minimum Gasteiger partial charge on any atom is -0.351 e. The highest BCUT2D eigenvalue weighted by Crippen LogP contribution is 2.25. The molecule has 0 bridgehead atoms. The highest BCUT2D eigenvalue weighted by Gasteiger charge is 2.16. The lowest BCUT2D eigenvalue weighted by Crippen LogP contribution is -2.35. The topological polar surface area (TPSA) is 41.1 Å². The van der Waals surface area contributed by atoms with E-state index in [1.54, 1.807) is 23.5 Å². The summed E-state index contributed by atoms with van der Waals surface area (Å²) in [6.07, 6.45) is 0. The fourth-order valence-corrected chi connectivity index (χ4v) is 3.90. The number of carbonyl (C=O) groups is 1. The first-order chi connectivity index (χ1) is 12.6. The van der Waals surface area contributed by atoms with Crippen molar-refractivity contribution in [3.05, 3.63) is 92.1 Å². The summed E-state index contributed by atoms with van der Waals surface area (Å²) in [6, 6.07) is 19.4. The maximum absolute atomic E-state index is 12.3. The summed E-state index contributed by atoms with van der Waals surface area (Å²) in [6.45, 7) is 0.578. The van der Waals surface area contributed by atoms with Crippen molar-refractivity contribution in [3.63, 3.8) is 0 Å². The Morgan fingerprint density at radius 1 is 1.04 bits per heavy atom. The molecule has 0 aliphatic carbocycles. The minimum atomic E-state index is -0.0893. The third kappa shape index (κ3) is 5.08. The second-order valence-electron chi connectivity index (χ2n) is 5.75. The molecule has 3 rings (SSSR count). The number of carbonyl (C=O) groups excluding carboxylic acids is 1. The molecule has 1 atom stereocenters. The average molecular weight is 405 g/mol. The summed E-state index contributed by atoms with van der Waals surface area (Å²) in [7, 11) is 0. The van der Waals surface area contributed by atoms with Gasteiger partial charge in [-0.2, -0.15) is 0 Å². The molecule has 0 fully saturated rings. The van der Waals surface area contributed by atoms with E-state index < -0.39 is 0 Å². The van der Waals surface area contributed by atoms with E-state index in [-0.39, 0.29) is 18.5 Å². The number of nitrogens with one attached hydrogen (secondary N) is 2. The van der Waals surface area contributed by atoms with E-state index >= 15 is 0 Å². The fourth-order valence-electron chi connectivity index (χ4n) is 2.60. The van der Waals surface area contributed by atoms with Crippen LogP contribution in [0, 0.1) is 0 Å². The van der Waals surface area contributed by atoms with Crippen LogP contribution in [0.15, 0.2) is 66.0 Å². The molecule has 134 valence electrons. The molecule has 6 heteroatoms. The maximum Gasteiger partial charge on any atom is 0.234 e. The Bertz CT molecular complexity index is 854. The van der Waals surface area contributed by atoms with Gasteiger partial charge in [0.05, 0.1) is 12.6 Å². The van der Waals surface area contributed by atoms with Gasteiger partial charge in [0.15, 0.2) is 0 Å². The number of hydrogen-bond acceptors (Lipinski definition) is 3. The van der Waals surface area contributed by atoms with E-state index in [4.69, 9.17) is 23.2 Å². The molecule has 0 radical (unpaired) electrons. The van der Waals surface area contributed by atoms with Gasteiger partial charge in [0.1, 0.15) is 0 Å². The Hall–Kier alpha value is -1.85. The largest absolute Gasteiger partial charge is 0.351 e. The summed E-state index contributed by atoms with van der Waals surface area (Å²) in [5.74, 6) is -0.0893. The zero-order chi connectivity index (χ0) is 18.4. The zero-order valence-electron chi connectivity index (χ0n) is 13.9. The Labute approximate surface area is 167 Å². The SMILES string of the molecule is O=C(CN[C@@H](c1ccccc1)c1cccs1)NCc1ccc(Cl)cc1Cl. The summed E-state index contributed by atoms with van der Waals surface area (Å²) in [5, 5.41) is 9.39. The second kappa shape index (κ2) is 9.19. The normalized spacial score (nSPS) is 11.9. The van der Waals surface area contributed by atoms with Crippen LogP contribution < -0.4 is 10.6 Å². The number of halogens is 2. The van der Waals surface area contributed by atoms with Crippen LogP contribution in [-0.4, -0.2) is 12.5 Å². The lowest BCUT2D eigenvalue weighted by Gasteiger charge is -2.18. The van der Waals surface area contributed by atoms with Gasteiger partial charge in [0.25, 0.3) is 0 Å². The van der Waals surface area contributed by atoms with Crippen molar-refractivity contribution >= 4 is 40.4 Å². The van der Waals surface area contributed by atoms with Crippen molar-refractivity contribution in [3.8, 4) is 0 Å². The number of hydrogen-bond donors (Lipinski definition) is 2. The standard InChI is InChI=1S/C20H18Cl2N2OS/c21-16-9-8-15(17(22)11-16)12-23-19(25)13-24-20(18-7-4-10-26-18)14-5-2-1-3-6-14/h1-11,20,24H,12-13H2,(H,23,25)/t20-/m0/s1. The Kier molecular flexibility index (Phi) is 6.69. The van der Waals surface area contributed by atoms with Crippen molar-refractivity contribution in [2.75, 3.05) is 6.54 Å². The molecule has 0 saturated carbocycles. The molecule has 3 nitrogen and oxygen atoms in total. The molecule has 0 aliphatic heterocycles. The third-order valence-electron chi connectivity index (χ3n) is 3.92. The molecule has 0 spiro atoms. The maximum atomic E-state index is 12.3. The van der Waals surface area contributed by atoms with Crippen LogP contribution in [0.3, 0.4) is 0 Å². The summed E-state index contributed by atoms with van der Waals surface area (Å²) in [4.78, 5) is 13.4. The molecule has 1 heterocycles. The first-order valence-corrected chi connectivity index (χ1v) is 9.79. The molecular weight excluding hydrogens is 387 g/mol. The van der Waals surface area contributed by atoms with Gasteiger partial charge in [-0.15, -0.1) is 11.3 Å². The van der Waals surface area contributed by atoms with Crippen molar-refractivity contribution < 1.29 is 4.79 Å². The van der Waals surface area contributed by atoms with E-state index in [2.05, 4.69) is 28.8 Å². The van der Waals surface area contributed by atoms with E-state index in [1.807, 2.05) is 35.7 Å². The van der Waals surface area contributed by atoms with Crippen LogP contribution in [-0.2, 0) is 11.3 Å². The highest BCUT2D eigenvalue weighted by molar-refractivity contribution is 7.10. The molecule has 3 aromatic rings. The first kappa shape index (κ1) is 18.9. The molecule has 2 N–H and O–H groups in total. The van der Waals surface area contributed by atoms with Gasteiger partial charge in [-0.05, 0) is 34.7 Å². The number of rotatable bonds is 7. The predicted octanol–water partition coefficient (Wildman–Crippen LogP) is 5.05. The summed E-state index contributed by atoms with van der Waals surface area (Å²) < 4.78 is 0. The van der Waals surface area contributed by atoms with E-state index in [0.717, 1.165) is 11.1 Å². The smallest absolute Gasteiger partial charge is 0.234 e. The molecule has 1 aromatic heterocycles. The summed E-state index contributed by atoms with van der Waals surface area (Å²) in [5.41, 5.74) is 1.96. The molecule has 2 aromatic carbocycles. The van der Waals surface area contributed by atoms with Gasteiger partial charge < -0.3 is 5.32 Å². The van der Waals surface area contributed by atoms with Crippen LogP contribution in [0.1, 0.15) is 22.0 Å². The molecule has 26 heavy (non-hydrogen) atoms. The highest BCUT2D eigenvalue weighted by atomic mass is 35.5. The molecular formula is C20H18Cl2N2OS. The van der Waals surface area contributed by atoms with Gasteiger partial charge >= 0.3 is 0 Å². The zero-order valence-corrected chi connectivity index (χ0v) is 16.2. The second-order valence-corrected chi connectivity index (χ2v) is 7.58. The monoisotopic (exact) mass is 404 g/mol. The van der Waals surface area contributed by atoms with Gasteiger partial charge in [-0.25, -0.2) is 0 Å². The van der Waals surface area contributed by atoms with Crippen molar-refractivity contribution in [2.45, 2.75) is 12.6 Å². The van der Waals surface area contributed by atoms with Crippen LogP contribution in [0.4, 0.5) is 0 Å². The number of thiophene rings is 1. The van der Waals surface area contributed by atoms with Crippen LogP contribution >= 0.6 is 34.5 Å². The van der Waals surface area contributed by atoms with Crippen LogP contribution in [0.5, 0.6) is 0 Å². The quantitative estimate of drug-likeness (QED) is 0.578. The van der Waals surface area contributed by atoms with E-state index in [0.29, 0.717) is 16.6 Å². The number of benzene rings is 2. The first-order valence-electron chi connectivity index (χ1n) is 8.16. The van der Waals surface area contributed by atoms with Crippen LogP contribution in [0.2, 0.25) is 10.0 Å².